The first-order valence-electron chi connectivity index (χ1n) is 9.42. The monoisotopic (exact) mass is 452 g/mol. The summed E-state index contributed by atoms with van der Waals surface area (Å²) < 4.78 is 26.6. The SMILES string of the molecule is NCc1cccc2c1ccn2S(=O)(=O)c1ccccc1.O=C(O)c1cccc(C(=O)O)c1. The van der Waals surface area contributed by atoms with Gasteiger partial charge >= 0.3 is 11.9 Å². The summed E-state index contributed by atoms with van der Waals surface area (Å²) >= 11 is 0. The largest absolute Gasteiger partial charge is 0.478 e. The smallest absolute Gasteiger partial charge is 0.335 e. The van der Waals surface area contributed by atoms with Crippen molar-refractivity contribution in [2.45, 2.75) is 11.4 Å². The number of hydrogen-bond donors (Lipinski definition) is 3. The fraction of sp³-hybridized carbons (Fsp3) is 0.0435. The van der Waals surface area contributed by atoms with Gasteiger partial charge in [0, 0.05) is 18.1 Å². The Morgan fingerprint density at radius 2 is 1.41 bits per heavy atom. The zero-order valence-corrected chi connectivity index (χ0v) is 17.6. The molecule has 1 heterocycles. The minimum absolute atomic E-state index is 0.0186. The molecular weight excluding hydrogens is 432 g/mol. The Balaban J connectivity index is 0.000000207. The predicted octanol–water partition coefficient (Wildman–Crippen LogP) is 3.42. The molecule has 0 fully saturated rings. The molecule has 9 heteroatoms. The van der Waals surface area contributed by atoms with Crippen LogP contribution < -0.4 is 5.73 Å². The average Bonchev–Trinajstić information content (AvgIpc) is 3.25. The molecule has 0 atom stereocenters. The van der Waals surface area contributed by atoms with Gasteiger partial charge in [-0.15, -0.1) is 0 Å². The lowest BCUT2D eigenvalue weighted by Crippen LogP contribution is -2.11. The van der Waals surface area contributed by atoms with Crippen LogP contribution >= 0.6 is 0 Å². The first kappa shape index (κ1) is 22.7. The predicted molar refractivity (Wildman–Crippen MR) is 119 cm³/mol. The van der Waals surface area contributed by atoms with E-state index in [0.29, 0.717) is 12.1 Å². The van der Waals surface area contributed by atoms with Crippen LogP contribution in [0.1, 0.15) is 26.3 Å². The number of hydrogen-bond acceptors (Lipinski definition) is 5. The van der Waals surface area contributed by atoms with E-state index in [1.165, 1.54) is 22.2 Å². The summed E-state index contributed by atoms with van der Waals surface area (Å²) in [4.78, 5) is 21.0. The normalized spacial score (nSPS) is 10.9. The Bertz CT molecular complexity index is 1350. The van der Waals surface area contributed by atoms with E-state index in [1.54, 1.807) is 48.7 Å². The number of fused-ring (bicyclic) bond motifs is 1. The number of nitrogens with two attached hydrogens (primary N) is 1. The molecule has 0 aliphatic heterocycles. The highest BCUT2D eigenvalue weighted by Gasteiger charge is 2.18. The molecule has 0 aliphatic carbocycles. The van der Waals surface area contributed by atoms with Gasteiger partial charge in [0.15, 0.2) is 0 Å². The second-order valence-corrected chi connectivity index (χ2v) is 8.49. The second-order valence-electron chi connectivity index (χ2n) is 6.67. The number of benzene rings is 3. The summed E-state index contributed by atoms with van der Waals surface area (Å²) in [7, 11) is -3.57. The highest BCUT2D eigenvalue weighted by Crippen LogP contribution is 2.24. The van der Waals surface area contributed by atoms with Crippen molar-refractivity contribution in [2.75, 3.05) is 0 Å². The van der Waals surface area contributed by atoms with Gasteiger partial charge in [0.2, 0.25) is 0 Å². The number of carboxylic acids is 2. The Labute approximate surface area is 184 Å². The van der Waals surface area contributed by atoms with Gasteiger partial charge in [0.25, 0.3) is 10.0 Å². The molecule has 0 unspecified atom stereocenters. The molecule has 3 aromatic carbocycles. The minimum Gasteiger partial charge on any atom is -0.478 e. The van der Waals surface area contributed by atoms with Crippen molar-refractivity contribution < 1.29 is 28.2 Å². The second kappa shape index (κ2) is 9.46. The fourth-order valence-corrected chi connectivity index (χ4v) is 4.45. The summed E-state index contributed by atoms with van der Waals surface area (Å²) in [6.45, 7) is 0.382. The molecule has 0 saturated heterocycles. The van der Waals surface area contributed by atoms with Crippen LogP contribution in [0.2, 0.25) is 0 Å². The third-order valence-electron chi connectivity index (χ3n) is 4.66. The zero-order chi connectivity index (χ0) is 23.3. The Kier molecular flexibility index (Phi) is 6.72. The van der Waals surface area contributed by atoms with Crippen LogP contribution in [0.5, 0.6) is 0 Å². The van der Waals surface area contributed by atoms with Crippen molar-refractivity contribution in [1.82, 2.24) is 3.97 Å². The van der Waals surface area contributed by atoms with E-state index in [-0.39, 0.29) is 16.0 Å². The first-order valence-corrected chi connectivity index (χ1v) is 10.9. The topological polar surface area (TPSA) is 140 Å². The molecule has 4 aromatic rings. The first-order chi connectivity index (χ1) is 15.3. The standard InChI is InChI=1S/C15H14N2O2S.C8H6O4/c16-11-12-5-4-8-15-14(12)9-10-17(15)20(18,19)13-6-2-1-3-7-13;9-7(10)5-2-1-3-6(4-5)8(11)12/h1-10H,11,16H2;1-4H,(H,9,10)(H,11,12). The number of carboxylic acid groups (broad SMARTS) is 2. The van der Waals surface area contributed by atoms with Crippen LogP contribution in [0.25, 0.3) is 10.9 Å². The molecule has 0 amide bonds. The lowest BCUT2D eigenvalue weighted by molar-refractivity contribution is 0.0696. The lowest BCUT2D eigenvalue weighted by atomic mass is 10.1. The zero-order valence-electron chi connectivity index (χ0n) is 16.8. The van der Waals surface area contributed by atoms with Gasteiger partial charge in [-0.1, -0.05) is 36.4 Å². The Morgan fingerprint density at radius 1 is 0.812 bits per heavy atom. The highest BCUT2D eigenvalue weighted by atomic mass is 32.2. The van der Waals surface area contributed by atoms with Gasteiger partial charge in [0.05, 0.1) is 21.5 Å². The van der Waals surface area contributed by atoms with E-state index >= 15 is 0 Å². The maximum absolute atomic E-state index is 12.6. The van der Waals surface area contributed by atoms with Gasteiger partial charge in [-0.05, 0) is 48.0 Å². The van der Waals surface area contributed by atoms with Crippen LogP contribution in [-0.2, 0) is 16.6 Å². The summed E-state index contributed by atoms with van der Waals surface area (Å²) in [5.41, 5.74) is 7.23. The van der Waals surface area contributed by atoms with E-state index in [9.17, 15) is 18.0 Å². The van der Waals surface area contributed by atoms with E-state index in [2.05, 4.69) is 0 Å². The fourth-order valence-electron chi connectivity index (χ4n) is 3.09. The summed E-state index contributed by atoms with van der Waals surface area (Å²) in [6, 6.07) is 20.9. The minimum atomic E-state index is -3.57. The lowest BCUT2D eigenvalue weighted by Gasteiger charge is -2.08. The van der Waals surface area contributed by atoms with E-state index in [4.69, 9.17) is 15.9 Å². The van der Waals surface area contributed by atoms with Gasteiger partial charge < -0.3 is 15.9 Å². The van der Waals surface area contributed by atoms with Gasteiger partial charge in [-0.2, -0.15) is 0 Å². The molecule has 0 bridgehead atoms. The maximum Gasteiger partial charge on any atom is 0.335 e. The Hall–Kier alpha value is -3.95. The molecule has 0 aliphatic rings. The van der Waals surface area contributed by atoms with Crippen molar-refractivity contribution in [2.24, 2.45) is 5.73 Å². The average molecular weight is 452 g/mol. The van der Waals surface area contributed by atoms with E-state index in [0.717, 1.165) is 17.0 Å². The van der Waals surface area contributed by atoms with Crippen LogP contribution in [0.4, 0.5) is 0 Å². The van der Waals surface area contributed by atoms with Crippen LogP contribution in [-0.4, -0.2) is 34.5 Å². The number of rotatable bonds is 5. The van der Waals surface area contributed by atoms with Gasteiger partial charge in [-0.3, -0.25) is 0 Å². The molecule has 32 heavy (non-hydrogen) atoms. The molecule has 164 valence electrons. The molecule has 0 radical (unpaired) electrons. The third-order valence-corrected chi connectivity index (χ3v) is 6.37. The van der Waals surface area contributed by atoms with Crippen molar-refractivity contribution in [3.05, 3.63) is 102 Å². The Morgan fingerprint density at radius 3 is 1.97 bits per heavy atom. The molecular formula is C23H20N2O6S. The third kappa shape index (κ3) is 4.69. The van der Waals surface area contributed by atoms with Crippen molar-refractivity contribution in [3.8, 4) is 0 Å². The van der Waals surface area contributed by atoms with Crippen molar-refractivity contribution in [3.63, 3.8) is 0 Å². The molecule has 4 rings (SSSR count). The summed E-state index contributed by atoms with van der Waals surface area (Å²) in [5.74, 6) is -2.25. The number of aromatic carboxylic acids is 2. The van der Waals surface area contributed by atoms with Crippen LogP contribution in [0.15, 0.2) is 90.0 Å². The molecule has 0 saturated carbocycles. The van der Waals surface area contributed by atoms with Crippen LogP contribution in [0, 0.1) is 0 Å². The quantitative estimate of drug-likeness (QED) is 0.421. The summed E-state index contributed by atoms with van der Waals surface area (Å²) in [6.07, 6.45) is 1.58. The van der Waals surface area contributed by atoms with E-state index < -0.39 is 22.0 Å². The summed E-state index contributed by atoms with van der Waals surface area (Å²) in [5, 5.41) is 17.9. The van der Waals surface area contributed by atoms with Gasteiger partial charge in [0.1, 0.15) is 0 Å². The number of carbonyl (C=O) groups is 2. The number of aromatic nitrogens is 1. The maximum atomic E-state index is 12.6. The van der Waals surface area contributed by atoms with E-state index in [1.807, 2.05) is 12.1 Å². The van der Waals surface area contributed by atoms with Crippen molar-refractivity contribution in [1.29, 1.82) is 0 Å². The number of nitrogens with zero attached hydrogens (tertiary/aromatic N) is 1. The van der Waals surface area contributed by atoms with Gasteiger partial charge in [-0.25, -0.2) is 22.0 Å². The van der Waals surface area contributed by atoms with Crippen LogP contribution in [0.3, 0.4) is 0 Å². The molecule has 0 spiro atoms. The molecule has 1 aromatic heterocycles. The molecule has 8 nitrogen and oxygen atoms in total. The molecule has 4 N–H and O–H groups in total. The van der Waals surface area contributed by atoms with Crippen molar-refractivity contribution >= 4 is 32.9 Å². The highest BCUT2D eigenvalue weighted by molar-refractivity contribution is 7.90.